The van der Waals surface area contributed by atoms with Crippen molar-refractivity contribution in [2.75, 3.05) is 17.4 Å². The summed E-state index contributed by atoms with van der Waals surface area (Å²) in [6.45, 7) is 0. The van der Waals surface area contributed by atoms with E-state index in [9.17, 15) is 0 Å². The Kier molecular flexibility index (Phi) is 3.40. The highest BCUT2D eigenvalue weighted by molar-refractivity contribution is 9.10. The lowest BCUT2D eigenvalue weighted by molar-refractivity contribution is 1.11. The van der Waals surface area contributed by atoms with Gasteiger partial charge in [0, 0.05) is 17.2 Å². The molecular weight excluding hydrogens is 270 g/mol. The summed E-state index contributed by atoms with van der Waals surface area (Å²) in [6.07, 6.45) is 0. The van der Waals surface area contributed by atoms with Crippen LogP contribution in [0.25, 0.3) is 0 Å². The minimum Gasteiger partial charge on any atom is -0.365 e. The van der Waals surface area contributed by atoms with Gasteiger partial charge in [-0.15, -0.1) is 0 Å². The van der Waals surface area contributed by atoms with E-state index < -0.39 is 0 Å². The molecule has 0 radical (unpaired) electrons. The molecule has 0 aliphatic rings. The zero-order valence-corrected chi connectivity index (χ0v) is 9.39. The maximum atomic E-state index is 3.39. The van der Waals surface area contributed by atoms with Crippen LogP contribution in [0.1, 0.15) is 0 Å². The van der Waals surface area contributed by atoms with Gasteiger partial charge in [0.05, 0.1) is 5.45 Å². The van der Waals surface area contributed by atoms with Gasteiger partial charge in [-0.05, 0) is 24.3 Å². The number of rotatable bonds is 2. The molecule has 60 valence electrons. The van der Waals surface area contributed by atoms with Crippen LogP contribution in [0, 0.1) is 0 Å². The smallest absolute Gasteiger partial charge is 0.0732 e. The summed E-state index contributed by atoms with van der Waals surface area (Å²) in [5, 5.41) is 0. The first kappa shape index (κ1) is 9.07. The lowest BCUT2D eigenvalue weighted by Crippen LogP contribution is -2.13. The van der Waals surface area contributed by atoms with E-state index in [0.717, 1.165) is 9.93 Å². The maximum absolute atomic E-state index is 3.39. The summed E-state index contributed by atoms with van der Waals surface area (Å²) in [7, 11) is 2.04. The van der Waals surface area contributed by atoms with Gasteiger partial charge in [0.15, 0.2) is 0 Å². The summed E-state index contributed by atoms with van der Waals surface area (Å²) in [4.78, 5) is 2.12. The van der Waals surface area contributed by atoms with Gasteiger partial charge in [-0.1, -0.05) is 31.9 Å². The molecule has 0 aromatic heterocycles. The van der Waals surface area contributed by atoms with Crippen LogP contribution in [0.3, 0.4) is 0 Å². The summed E-state index contributed by atoms with van der Waals surface area (Å²) in [5.41, 5.74) is 2.07. The first-order valence-electron chi connectivity index (χ1n) is 3.26. The molecule has 3 heteroatoms. The van der Waals surface area contributed by atoms with Crippen LogP contribution in [0.15, 0.2) is 28.7 Å². The molecule has 0 fully saturated rings. The molecule has 0 heterocycles. The number of halogens is 2. The number of hydrogen-bond acceptors (Lipinski definition) is 1. The van der Waals surface area contributed by atoms with Gasteiger partial charge in [0.2, 0.25) is 0 Å². The van der Waals surface area contributed by atoms with Crippen molar-refractivity contribution in [3.63, 3.8) is 0 Å². The topological polar surface area (TPSA) is 3.24 Å². The number of benzene rings is 1. The third-order valence-corrected chi connectivity index (χ3v) is 2.73. The zero-order chi connectivity index (χ0) is 8.27. The van der Waals surface area contributed by atoms with Crippen LogP contribution in [-0.2, 0) is 0 Å². The molecule has 0 N–H and O–H groups in total. The molecule has 11 heavy (non-hydrogen) atoms. The van der Waals surface area contributed by atoms with E-state index in [4.69, 9.17) is 0 Å². The first-order valence-corrected chi connectivity index (χ1v) is 5.18. The molecule has 0 saturated heterocycles. The summed E-state index contributed by atoms with van der Waals surface area (Å²) in [6, 6.07) is 8.22. The van der Waals surface area contributed by atoms with Gasteiger partial charge in [-0.2, -0.15) is 0 Å². The van der Waals surface area contributed by atoms with Crippen molar-refractivity contribution in [3.8, 4) is 0 Å². The number of hydrogen-bond donors (Lipinski definition) is 0. The van der Waals surface area contributed by atoms with Gasteiger partial charge >= 0.3 is 0 Å². The van der Waals surface area contributed by atoms with Crippen molar-refractivity contribution in [2.45, 2.75) is 0 Å². The Labute approximate surface area is 83.7 Å². The van der Waals surface area contributed by atoms with Crippen molar-refractivity contribution in [1.29, 1.82) is 0 Å². The fraction of sp³-hybridized carbons (Fsp3) is 0.250. The van der Waals surface area contributed by atoms with Gasteiger partial charge < -0.3 is 4.90 Å². The maximum Gasteiger partial charge on any atom is 0.0732 e. The van der Waals surface area contributed by atoms with E-state index in [1.165, 1.54) is 5.69 Å². The van der Waals surface area contributed by atoms with Crippen LogP contribution in [0.5, 0.6) is 0 Å². The average molecular weight is 279 g/mol. The summed E-state index contributed by atoms with van der Waals surface area (Å²) in [5.74, 6) is 0. The van der Waals surface area contributed by atoms with Crippen molar-refractivity contribution < 1.29 is 0 Å². The molecule has 1 nitrogen and oxygen atoms in total. The summed E-state index contributed by atoms with van der Waals surface area (Å²) >= 11 is 6.77. The second-order valence-electron chi connectivity index (χ2n) is 2.29. The number of alkyl halides is 1. The van der Waals surface area contributed by atoms with Crippen LogP contribution < -0.4 is 4.90 Å². The highest BCUT2D eigenvalue weighted by Crippen LogP contribution is 2.17. The van der Waals surface area contributed by atoms with Gasteiger partial charge in [-0.25, -0.2) is 0 Å². The molecule has 0 amide bonds. The second kappa shape index (κ2) is 4.12. The molecular formula is C8H9Br2N. The predicted molar refractivity (Wildman–Crippen MR) is 56.3 cm³/mol. The van der Waals surface area contributed by atoms with Gasteiger partial charge in [0.25, 0.3) is 0 Å². The van der Waals surface area contributed by atoms with E-state index in [2.05, 4.69) is 48.9 Å². The van der Waals surface area contributed by atoms with Crippen LogP contribution in [-0.4, -0.2) is 12.5 Å². The van der Waals surface area contributed by atoms with Crippen LogP contribution in [0.4, 0.5) is 5.69 Å². The molecule has 1 aromatic rings. The van der Waals surface area contributed by atoms with E-state index in [-0.39, 0.29) is 0 Å². The molecule has 0 spiro atoms. The highest BCUT2D eigenvalue weighted by Gasteiger charge is 1.96. The molecule has 0 aliphatic carbocycles. The molecule has 0 bridgehead atoms. The standard InChI is InChI=1S/C8H9Br2N/c1-11(6-9)8-4-2-7(10)3-5-8/h2-5H,6H2,1H3. The average Bonchev–Trinajstić information content (AvgIpc) is 2.05. The molecule has 0 aliphatic heterocycles. The molecule has 0 unspecified atom stereocenters. The Morgan fingerprint density at radius 2 is 1.82 bits per heavy atom. The normalized spacial score (nSPS) is 9.73. The van der Waals surface area contributed by atoms with Crippen molar-refractivity contribution in [2.24, 2.45) is 0 Å². The van der Waals surface area contributed by atoms with E-state index in [0.29, 0.717) is 0 Å². The van der Waals surface area contributed by atoms with Crippen molar-refractivity contribution in [1.82, 2.24) is 0 Å². The van der Waals surface area contributed by atoms with Crippen LogP contribution in [0.2, 0.25) is 0 Å². The van der Waals surface area contributed by atoms with Gasteiger partial charge in [0.1, 0.15) is 0 Å². The zero-order valence-electron chi connectivity index (χ0n) is 6.22. The minimum atomic E-state index is 0.856. The lowest BCUT2D eigenvalue weighted by atomic mass is 10.3. The van der Waals surface area contributed by atoms with E-state index >= 15 is 0 Å². The largest absolute Gasteiger partial charge is 0.365 e. The van der Waals surface area contributed by atoms with Crippen molar-refractivity contribution >= 4 is 37.5 Å². The van der Waals surface area contributed by atoms with Crippen LogP contribution >= 0.6 is 31.9 Å². The fourth-order valence-electron chi connectivity index (χ4n) is 0.765. The van der Waals surface area contributed by atoms with Crippen molar-refractivity contribution in [3.05, 3.63) is 28.7 Å². The Morgan fingerprint density at radius 1 is 1.27 bits per heavy atom. The number of anilines is 1. The predicted octanol–water partition coefficient (Wildman–Crippen LogP) is 3.24. The Morgan fingerprint density at radius 3 is 2.27 bits per heavy atom. The lowest BCUT2D eigenvalue weighted by Gasteiger charge is -2.14. The fourth-order valence-corrected chi connectivity index (χ4v) is 1.32. The SMILES string of the molecule is CN(CBr)c1ccc(Br)cc1. The third-order valence-electron chi connectivity index (χ3n) is 1.45. The number of nitrogens with zero attached hydrogens (tertiary/aromatic N) is 1. The molecule has 0 atom stereocenters. The Hall–Kier alpha value is -0.0200. The second-order valence-corrected chi connectivity index (χ2v) is 3.71. The van der Waals surface area contributed by atoms with E-state index in [1.54, 1.807) is 0 Å². The first-order chi connectivity index (χ1) is 5.24. The monoisotopic (exact) mass is 277 g/mol. The quantitative estimate of drug-likeness (QED) is 0.593. The van der Waals surface area contributed by atoms with E-state index in [1.807, 2.05) is 19.2 Å². The Bertz CT molecular complexity index is 220. The summed E-state index contributed by atoms with van der Waals surface area (Å²) < 4.78 is 1.12. The molecule has 0 saturated carbocycles. The highest BCUT2D eigenvalue weighted by atomic mass is 79.9. The Balaban J connectivity index is 2.81. The molecule has 1 rings (SSSR count). The van der Waals surface area contributed by atoms with Gasteiger partial charge in [-0.3, -0.25) is 0 Å². The minimum absolute atomic E-state index is 0.856. The third kappa shape index (κ3) is 2.49. The molecule has 1 aromatic carbocycles.